The fourth-order valence-electron chi connectivity index (χ4n) is 2.46. The summed E-state index contributed by atoms with van der Waals surface area (Å²) >= 11 is 7.16. The van der Waals surface area contributed by atoms with E-state index in [1.165, 1.54) is 28.6 Å². The van der Waals surface area contributed by atoms with Crippen LogP contribution in [0.1, 0.15) is 5.56 Å². The topological polar surface area (TPSA) is 81.9 Å². The van der Waals surface area contributed by atoms with E-state index in [2.05, 4.69) is 20.3 Å². The van der Waals surface area contributed by atoms with Gasteiger partial charge in [-0.25, -0.2) is 15.0 Å². The van der Waals surface area contributed by atoms with E-state index in [1.807, 2.05) is 6.92 Å². The van der Waals surface area contributed by atoms with Crippen LogP contribution in [0.25, 0.3) is 15.9 Å². The summed E-state index contributed by atoms with van der Waals surface area (Å²) in [6.45, 7) is 2.98. The van der Waals surface area contributed by atoms with Crippen LogP contribution in [0.4, 0.5) is 5.82 Å². The zero-order chi connectivity index (χ0) is 19.2. The molecule has 3 aromatic rings. The summed E-state index contributed by atoms with van der Waals surface area (Å²) in [5.74, 6) is 0.601. The first-order chi connectivity index (χ1) is 13.1. The van der Waals surface area contributed by atoms with Crippen LogP contribution in [-0.4, -0.2) is 39.8 Å². The van der Waals surface area contributed by atoms with E-state index in [0.717, 1.165) is 5.56 Å². The molecule has 140 valence electrons. The number of anilines is 1. The van der Waals surface area contributed by atoms with Crippen molar-refractivity contribution in [2.45, 2.75) is 6.92 Å². The van der Waals surface area contributed by atoms with Crippen molar-refractivity contribution in [3.8, 4) is 5.69 Å². The molecular formula is C18H18ClN5O2S. The predicted octanol–water partition coefficient (Wildman–Crippen LogP) is 3.38. The number of aromatic nitrogens is 4. The number of fused-ring (bicyclic) bond motifs is 1. The van der Waals surface area contributed by atoms with Crippen LogP contribution in [0.3, 0.4) is 0 Å². The average Bonchev–Trinajstić information content (AvgIpc) is 2.74. The number of benzene rings is 1. The molecule has 0 aliphatic rings. The fourth-order valence-corrected chi connectivity index (χ4v) is 3.32. The van der Waals surface area contributed by atoms with Crippen LogP contribution in [0.5, 0.6) is 0 Å². The van der Waals surface area contributed by atoms with Crippen LogP contribution in [0.2, 0.25) is 5.02 Å². The van der Waals surface area contributed by atoms with Crippen molar-refractivity contribution in [3.05, 3.63) is 63.4 Å². The number of nitrogens with zero attached hydrogens (tertiary/aromatic N) is 4. The molecule has 0 aliphatic carbocycles. The molecule has 2 aromatic heterocycles. The third kappa shape index (κ3) is 4.41. The van der Waals surface area contributed by atoms with Gasteiger partial charge in [0.05, 0.1) is 23.3 Å². The van der Waals surface area contributed by atoms with Crippen molar-refractivity contribution < 1.29 is 4.74 Å². The van der Waals surface area contributed by atoms with Gasteiger partial charge < -0.3 is 10.1 Å². The Morgan fingerprint density at radius 2 is 2.04 bits per heavy atom. The molecule has 0 bridgehead atoms. The smallest absolute Gasteiger partial charge is 0.275 e. The van der Waals surface area contributed by atoms with Crippen LogP contribution >= 0.6 is 22.9 Å². The minimum atomic E-state index is -0.184. The standard InChI is InChI=1S/C18H18ClN5O2S/c1-12-15-16(27-11-20-9-22-17(12)21-7-8-26-2)18(25)24(10-23-15)14-5-3-13(19)4-6-14/h3-6,9-11,21H,7-8H2,1-2H3. The highest BCUT2D eigenvalue weighted by Crippen LogP contribution is 2.19. The fraction of sp³-hybridized carbons (Fsp3) is 0.222. The van der Waals surface area contributed by atoms with Gasteiger partial charge in [0, 0.05) is 24.2 Å². The monoisotopic (exact) mass is 403 g/mol. The Balaban J connectivity index is 2.21. The molecule has 0 amide bonds. The molecule has 27 heavy (non-hydrogen) atoms. The first kappa shape index (κ1) is 19.2. The van der Waals surface area contributed by atoms with Gasteiger partial charge in [0.25, 0.3) is 5.56 Å². The van der Waals surface area contributed by atoms with Gasteiger partial charge >= 0.3 is 0 Å². The molecule has 9 heteroatoms. The van der Waals surface area contributed by atoms with Gasteiger partial charge in [0.2, 0.25) is 0 Å². The molecule has 0 radical (unpaired) electrons. The zero-order valence-electron chi connectivity index (χ0n) is 14.8. The third-order valence-corrected chi connectivity index (χ3v) is 4.91. The summed E-state index contributed by atoms with van der Waals surface area (Å²) in [7, 11) is 1.63. The minimum absolute atomic E-state index is 0.184. The van der Waals surface area contributed by atoms with Crippen LogP contribution in [0, 0.1) is 6.92 Å². The predicted molar refractivity (Wildman–Crippen MR) is 109 cm³/mol. The number of hydrogen-bond donors (Lipinski definition) is 1. The number of ether oxygens (including phenoxy) is 1. The van der Waals surface area contributed by atoms with E-state index in [1.54, 1.807) is 36.9 Å². The summed E-state index contributed by atoms with van der Waals surface area (Å²) < 4.78 is 7.02. The molecule has 3 rings (SSSR count). The Morgan fingerprint density at radius 3 is 2.78 bits per heavy atom. The van der Waals surface area contributed by atoms with E-state index in [9.17, 15) is 4.79 Å². The van der Waals surface area contributed by atoms with Crippen molar-refractivity contribution in [2.24, 2.45) is 0 Å². The Bertz CT molecular complexity index is 1050. The van der Waals surface area contributed by atoms with Crippen molar-refractivity contribution in [3.63, 3.8) is 0 Å². The van der Waals surface area contributed by atoms with Crippen LogP contribution in [-0.2, 0) is 4.74 Å². The van der Waals surface area contributed by atoms with Gasteiger partial charge in [0.15, 0.2) is 0 Å². The van der Waals surface area contributed by atoms with E-state index in [4.69, 9.17) is 16.3 Å². The third-order valence-electron chi connectivity index (χ3n) is 3.83. The SMILES string of the molecule is COCCNc1ncncsc2c(=O)n(-c3ccc(Cl)cc3)cnc2c1C. The minimum Gasteiger partial charge on any atom is -0.383 e. The maximum Gasteiger partial charge on any atom is 0.275 e. The molecular weight excluding hydrogens is 386 g/mol. The van der Waals surface area contributed by atoms with Crippen molar-refractivity contribution in [1.29, 1.82) is 0 Å². The second-order valence-electron chi connectivity index (χ2n) is 5.58. The molecule has 0 atom stereocenters. The Kier molecular flexibility index (Phi) is 6.33. The maximum atomic E-state index is 13.1. The number of hydrogen-bond acceptors (Lipinski definition) is 7. The molecule has 0 fully saturated rings. The van der Waals surface area contributed by atoms with Gasteiger partial charge in [-0.15, -0.1) is 11.3 Å². The number of halogens is 1. The zero-order valence-corrected chi connectivity index (χ0v) is 16.4. The lowest BCUT2D eigenvalue weighted by Gasteiger charge is -2.08. The van der Waals surface area contributed by atoms with Gasteiger partial charge in [-0.1, -0.05) is 11.6 Å². The summed E-state index contributed by atoms with van der Waals surface area (Å²) in [4.78, 5) is 26.1. The molecule has 2 heterocycles. The molecule has 1 aromatic carbocycles. The highest BCUT2D eigenvalue weighted by Gasteiger charge is 2.10. The summed E-state index contributed by atoms with van der Waals surface area (Å²) in [6.07, 6.45) is 2.95. The molecule has 0 unspecified atom stereocenters. The van der Waals surface area contributed by atoms with Gasteiger partial charge in [-0.3, -0.25) is 9.36 Å². The van der Waals surface area contributed by atoms with E-state index < -0.39 is 0 Å². The van der Waals surface area contributed by atoms with E-state index >= 15 is 0 Å². The first-order valence-corrected chi connectivity index (χ1v) is 9.40. The normalized spacial score (nSPS) is 10.6. The number of aryl methyl sites for hydroxylation is 1. The molecule has 1 N–H and O–H groups in total. The Labute approximate surface area is 165 Å². The molecule has 0 aliphatic heterocycles. The Hall–Kier alpha value is -2.55. The second kappa shape index (κ2) is 8.90. The maximum absolute atomic E-state index is 13.1. The summed E-state index contributed by atoms with van der Waals surface area (Å²) in [5.41, 5.74) is 3.41. The summed E-state index contributed by atoms with van der Waals surface area (Å²) in [6, 6.07) is 7.01. The number of methoxy groups -OCH3 is 1. The van der Waals surface area contributed by atoms with Crippen molar-refractivity contribution in [1.82, 2.24) is 19.5 Å². The highest BCUT2D eigenvalue weighted by molar-refractivity contribution is 7.16. The van der Waals surface area contributed by atoms with E-state index in [-0.39, 0.29) is 5.56 Å². The van der Waals surface area contributed by atoms with Crippen LogP contribution in [0.15, 0.2) is 47.2 Å². The average molecular weight is 404 g/mol. The van der Waals surface area contributed by atoms with Crippen molar-refractivity contribution >= 4 is 39.0 Å². The molecule has 0 spiro atoms. The highest BCUT2D eigenvalue weighted by atomic mass is 35.5. The Morgan fingerprint density at radius 1 is 1.26 bits per heavy atom. The first-order valence-electron chi connectivity index (χ1n) is 8.14. The van der Waals surface area contributed by atoms with Gasteiger partial charge in [0.1, 0.15) is 23.2 Å². The molecule has 0 saturated carbocycles. The van der Waals surface area contributed by atoms with Gasteiger partial charge in [-0.2, -0.15) is 0 Å². The van der Waals surface area contributed by atoms with Gasteiger partial charge in [-0.05, 0) is 31.2 Å². The number of rotatable bonds is 5. The van der Waals surface area contributed by atoms with Crippen LogP contribution < -0.4 is 10.9 Å². The second-order valence-corrected chi connectivity index (χ2v) is 6.88. The van der Waals surface area contributed by atoms with E-state index in [0.29, 0.717) is 39.9 Å². The summed E-state index contributed by atoms with van der Waals surface area (Å²) in [5, 5.41) is 3.79. The number of nitrogens with one attached hydrogen (secondary N) is 1. The van der Waals surface area contributed by atoms with Crippen molar-refractivity contribution in [2.75, 3.05) is 25.6 Å². The lowest BCUT2D eigenvalue weighted by molar-refractivity contribution is 0.210. The lowest BCUT2D eigenvalue weighted by Crippen LogP contribution is -2.18. The quantitative estimate of drug-likeness (QED) is 0.657. The largest absolute Gasteiger partial charge is 0.383 e. The molecule has 7 nitrogen and oxygen atoms in total. The molecule has 0 saturated heterocycles. The lowest BCUT2D eigenvalue weighted by atomic mass is 10.2.